The number of nitrogens with zero attached hydrogens (tertiary/aromatic N) is 2. The maximum atomic E-state index is 6.22. The third-order valence-electron chi connectivity index (χ3n) is 3.87. The molecule has 4 aromatic rings. The fraction of sp³-hybridized carbons (Fsp3) is 0.0526. The van der Waals surface area contributed by atoms with E-state index >= 15 is 0 Å². The van der Waals surface area contributed by atoms with Gasteiger partial charge < -0.3 is 9.73 Å². The summed E-state index contributed by atoms with van der Waals surface area (Å²) in [4.78, 5) is 9.24. The average molecular weight is 336 g/mol. The van der Waals surface area contributed by atoms with Crippen molar-refractivity contribution in [1.82, 2.24) is 9.97 Å². The first-order valence-corrected chi connectivity index (χ1v) is 7.93. The molecule has 0 aliphatic carbocycles. The molecule has 2 aromatic heterocycles. The summed E-state index contributed by atoms with van der Waals surface area (Å²) in [7, 11) is 0. The maximum absolute atomic E-state index is 6.22. The molecule has 2 aromatic carbocycles. The summed E-state index contributed by atoms with van der Waals surface area (Å²) in [5.74, 6) is 1.89. The molecule has 5 heteroatoms. The second-order valence-electron chi connectivity index (χ2n) is 5.43. The number of aromatic nitrogens is 2. The molecule has 0 unspecified atom stereocenters. The van der Waals surface area contributed by atoms with Crippen molar-refractivity contribution in [1.29, 1.82) is 0 Å². The van der Waals surface area contributed by atoms with Crippen LogP contribution < -0.4 is 5.32 Å². The maximum Gasteiger partial charge on any atom is 0.198 e. The lowest BCUT2D eigenvalue weighted by atomic mass is 10.2. The number of furan rings is 1. The number of para-hydroxylation sites is 1. The van der Waals surface area contributed by atoms with Crippen LogP contribution in [0.3, 0.4) is 0 Å². The number of hydrogen-bond acceptors (Lipinski definition) is 4. The number of nitrogens with one attached hydrogen (secondary N) is 1. The minimum atomic E-state index is 0.542. The van der Waals surface area contributed by atoms with Gasteiger partial charge in [0.05, 0.1) is 11.8 Å². The highest BCUT2D eigenvalue weighted by Crippen LogP contribution is 2.30. The fourth-order valence-electron chi connectivity index (χ4n) is 2.56. The molecule has 0 saturated heterocycles. The molecule has 1 N–H and O–H groups in total. The fourth-order valence-corrected chi connectivity index (χ4v) is 2.73. The Kier molecular flexibility index (Phi) is 3.67. The van der Waals surface area contributed by atoms with Gasteiger partial charge in [-0.25, -0.2) is 9.97 Å². The lowest BCUT2D eigenvalue weighted by molar-refractivity contribution is 0.577. The van der Waals surface area contributed by atoms with E-state index in [0.717, 1.165) is 28.0 Å². The summed E-state index contributed by atoms with van der Waals surface area (Å²) in [6, 6.07) is 17.3. The molecule has 4 rings (SSSR count). The van der Waals surface area contributed by atoms with Crippen LogP contribution in [0.15, 0.2) is 65.3 Å². The van der Waals surface area contributed by atoms with Crippen LogP contribution in [0.5, 0.6) is 0 Å². The van der Waals surface area contributed by atoms with E-state index in [0.29, 0.717) is 16.6 Å². The van der Waals surface area contributed by atoms with Crippen LogP contribution in [0.2, 0.25) is 5.02 Å². The number of anilines is 2. The molecule has 2 heterocycles. The van der Waals surface area contributed by atoms with Crippen LogP contribution in [0, 0.1) is 6.92 Å². The van der Waals surface area contributed by atoms with Crippen molar-refractivity contribution in [2.45, 2.75) is 6.92 Å². The zero-order valence-corrected chi connectivity index (χ0v) is 13.7. The van der Waals surface area contributed by atoms with E-state index < -0.39 is 0 Å². The molecule has 0 aliphatic heterocycles. The van der Waals surface area contributed by atoms with Crippen LogP contribution in [0.1, 0.15) is 5.56 Å². The van der Waals surface area contributed by atoms with Crippen molar-refractivity contribution in [2.75, 3.05) is 5.32 Å². The molecule has 0 radical (unpaired) electrons. The lowest BCUT2D eigenvalue weighted by Gasteiger charge is -2.12. The Labute approximate surface area is 144 Å². The molecule has 0 amide bonds. The van der Waals surface area contributed by atoms with Crippen molar-refractivity contribution in [3.8, 4) is 11.6 Å². The molecular formula is C19H14ClN3O. The van der Waals surface area contributed by atoms with Gasteiger partial charge in [0.2, 0.25) is 0 Å². The first kappa shape index (κ1) is 14.7. The second kappa shape index (κ2) is 5.98. The third kappa shape index (κ3) is 2.61. The predicted molar refractivity (Wildman–Crippen MR) is 96.7 cm³/mol. The largest absolute Gasteiger partial charge is 0.461 e. The van der Waals surface area contributed by atoms with Gasteiger partial charge >= 0.3 is 0 Å². The number of fused-ring (bicyclic) bond motifs is 1. The zero-order valence-electron chi connectivity index (χ0n) is 13.0. The Morgan fingerprint density at radius 1 is 0.958 bits per heavy atom. The Morgan fingerprint density at radius 3 is 2.67 bits per heavy atom. The molecule has 0 saturated carbocycles. The summed E-state index contributed by atoms with van der Waals surface area (Å²) < 4.78 is 5.44. The number of hydrogen-bond donors (Lipinski definition) is 1. The Balaban J connectivity index is 1.88. The normalized spacial score (nSPS) is 10.9. The third-order valence-corrected chi connectivity index (χ3v) is 4.28. The highest BCUT2D eigenvalue weighted by Gasteiger charge is 2.12. The van der Waals surface area contributed by atoms with E-state index in [2.05, 4.69) is 15.3 Å². The first-order chi connectivity index (χ1) is 11.7. The Hall–Kier alpha value is -2.85. The number of benzene rings is 2. The van der Waals surface area contributed by atoms with Gasteiger partial charge in [-0.05, 0) is 48.9 Å². The van der Waals surface area contributed by atoms with E-state index in [-0.39, 0.29) is 0 Å². The smallest absolute Gasteiger partial charge is 0.198 e. The monoisotopic (exact) mass is 335 g/mol. The molecule has 0 aliphatic rings. The highest BCUT2D eigenvalue weighted by molar-refractivity contribution is 6.31. The Bertz CT molecular complexity index is 1010. The topological polar surface area (TPSA) is 51.0 Å². The summed E-state index contributed by atoms with van der Waals surface area (Å²) in [5.41, 5.74) is 2.74. The molecule has 118 valence electrons. The van der Waals surface area contributed by atoms with Gasteiger partial charge in [0.15, 0.2) is 11.6 Å². The zero-order chi connectivity index (χ0) is 16.5. The molecular weight excluding hydrogens is 322 g/mol. The highest BCUT2D eigenvalue weighted by atomic mass is 35.5. The molecule has 4 nitrogen and oxygen atoms in total. The van der Waals surface area contributed by atoms with Crippen molar-refractivity contribution >= 4 is 34.0 Å². The van der Waals surface area contributed by atoms with Crippen LogP contribution in [-0.4, -0.2) is 9.97 Å². The average Bonchev–Trinajstić information content (AvgIpc) is 3.13. The van der Waals surface area contributed by atoms with Crippen molar-refractivity contribution in [3.05, 3.63) is 71.4 Å². The van der Waals surface area contributed by atoms with Gasteiger partial charge in [-0.1, -0.05) is 29.8 Å². The van der Waals surface area contributed by atoms with E-state index in [4.69, 9.17) is 16.0 Å². The van der Waals surface area contributed by atoms with E-state index in [1.54, 1.807) is 6.26 Å². The quantitative estimate of drug-likeness (QED) is 0.529. The molecule has 0 spiro atoms. The van der Waals surface area contributed by atoms with Crippen LogP contribution in [0.4, 0.5) is 11.5 Å². The minimum Gasteiger partial charge on any atom is -0.461 e. The molecule has 0 fully saturated rings. The molecule has 24 heavy (non-hydrogen) atoms. The van der Waals surface area contributed by atoms with Crippen LogP contribution in [0.25, 0.3) is 22.5 Å². The van der Waals surface area contributed by atoms with E-state index in [9.17, 15) is 0 Å². The SMILES string of the molecule is Cc1c(Cl)cccc1Nc1nc(-c2ccco2)nc2ccccc12. The van der Waals surface area contributed by atoms with E-state index in [1.165, 1.54) is 0 Å². The predicted octanol–water partition coefficient (Wildman–Crippen LogP) is 5.60. The summed E-state index contributed by atoms with van der Waals surface area (Å²) in [5, 5.41) is 5.03. The van der Waals surface area contributed by atoms with Gasteiger partial charge in [0, 0.05) is 16.1 Å². The summed E-state index contributed by atoms with van der Waals surface area (Å²) in [6.45, 7) is 1.97. The minimum absolute atomic E-state index is 0.542. The van der Waals surface area contributed by atoms with E-state index in [1.807, 2.05) is 61.5 Å². The van der Waals surface area contributed by atoms with Gasteiger partial charge in [-0.15, -0.1) is 0 Å². The van der Waals surface area contributed by atoms with Gasteiger partial charge in [0.25, 0.3) is 0 Å². The van der Waals surface area contributed by atoms with Gasteiger partial charge in [-0.2, -0.15) is 0 Å². The summed E-state index contributed by atoms with van der Waals surface area (Å²) in [6.07, 6.45) is 1.61. The number of halogens is 1. The van der Waals surface area contributed by atoms with Crippen LogP contribution in [-0.2, 0) is 0 Å². The lowest BCUT2D eigenvalue weighted by Crippen LogP contribution is -2.00. The molecule has 0 atom stereocenters. The van der Waals surface area contributed by atoms with Crippen molar-refractivity contribution < 1.29 is 4.42 Å². The van der Waals surface area contributed by atoms with Crippen LogP contribution >= 0.6 is 11.6 Å². The Morgan fingerprint density at radius 2 is 1.83 bits per heavy atom. The number of rotatable bonds is 3. The summed E-state index contributed by atoms with van der Waals surface area (Å²) >= 11 is 6.22. The van der Waals surface area contributed by atoms with Crippen molar-refractivity contribution in [2.24, 2.45) is 0 Å². The van der Waals surface area contributed by atoms with Crippen molar-refractivity contribution in [3.63, 3.8) is 0 Å². The van der Waals surface area contributed by atoms with Gasteiger partial charge in [-0.3, -0.25) is 0 Å². The first-order valence-electron chi connectivity index (χ1n) is 7.55. The van der Waals surface area contributed by atoms with Gasteiger partial charge in [0.1, 0.15) is 5.82 Å². The standard InChI is InChI=1S/C19H14ClN3O/c1-12-14(20)7-4-9-15(12)21-18-13-6-2-3-8-16(13)22-19(23-18)17-10-5-11-24-17/h2-11H,1H3,(H,21,22,23). The molecule has 0 bridgehead atoms. The second-order valence-corrected chi connectivity index (χ2v) is 5.83.